The van der Waals surface area contributed by atoms with E-state index in [1.54, 1.807) is 30.9 Å². The number of nitrogens with two attached hydrogens (primary N) is 2. The second kappa shape index (κ2) is 9.20. The molecule has 3 aromatic rings. The van der Waals surface area contributed by atoms with Crippen molar-refractivity contribution in [1.29, 1.82) is 0 Å². The highest BCUT2D eigenvalue weighted by Gasteiger charge is 2.31. The summed E-state index contributed by atoms with van der Waals surface area (Å²) in [7, 11) is 1.79. The van der Waals surface area contributed by atoms with E-state index in [2.05, 4.69) is 20.1 Å². The maximum Gasteiger partial charge on any atom is 0.573 e. The molecule has 12 heteroatoms. The summed E-state index contributed by atoms with van der Waals surface area (Å²) in [5, 5.41) is 7.99. The number of anilines is 2. The van der Waals surface area contributed by atoms with E-state index in [1.807, 2.05) is 6.92 Å². The number of nitrogens with one attached hydrogen (secondary N) is 1. The Morgan fingerprint density at radius 1 is 1.24 bits per heavy atom. The van der Waals surface area contributed by atoms with Crippen LogP contribution in [0.5, 0.6) is 5.75 Å². The number of benzene rings is 1. The molecule has 5 N–H and O–H groups in total. The highest BCUT2D eigenvalue weighted by atomic mass is 19.4. The van der Waals surface area contributed by atoms with E-state index in [-0.39, 0.29) is 11.3 Å². The number of carbonyl (C=O) groups excluding carboxylic acids is 1. The summed E-state index contributed by atoms with van der Waals surface area (Å²) < 4.78 is 42.8. The normalized spacial score (nSPS) is 11.9. The predicted octanol–water partition coefficient (Wildman–Crippen LogP) is 3.22. The van der Waals surface area contributed by atoms with Crippen molar-refractivity contribution in [2.24, 2.45) is 18.6 Å². The van der Waals surface area contributed by atoms with Gasteiger partial charge in [0.25, 0.3) is 5.91 Å². The summed E-state index contributed by atoms with van der Waals surface area (Å²) >= 11 is 0. The number of aromatic nitrogens is 3. The summed E-state index contributed by atoms with van der Waals surface area (Å²) in [6.45, 7) is 3.58. The molecule has 0 aliphatic rings. The molecule has 0 aliphatic carbocycles. The number of pyridine rings is 1. The maximum absolute atomic E-state index is 12.5. The zero-order chi connectivity index (χ0) is 24.3. The fourth-order valence-corrected chi connectivity index (χ4v) is 2.96. The molecule has 0 radical (unpaired) electrons. The molecule has 174 valence electrons. The van der Waals surface area contributed by atoms with Gasteiger partial charge >= 0.3 is 6.36 Å². The lowest BCUT2D eigenvalue weighted by Crippen LogP contribution is -2.27. The summed E-state index contributed by atoms with van der Waals surface area (Å²) in [4.78, 5) is 16.8. The van der Waals surface area contributed by atoms with Crippen LogP contribution in [0.4, 0.5) is 24.5 Å². The minimum atomic E-state index is -4.86. The average Bonchev–Trinajstić information content (AvgIpc) is 3.06. The molecule has 1 amide bonds. The summed E-state index contributed by atoms with van der Waals surface area (Å²) in [5.74, 6) is 5.00. The number of aryl methyl sites for hydroxylation is 2. The van der Waals surface area contributed by atoms with Crippen LogP contribution in [0.1, 0.15) is 27.3 Å². The lowest BCUT2D eigenvalue weighted by Gasteiger charge is -2.18. The minimum absolute atomic E-state index is 0.0281. The standard InChI is InChI=1S/C21H22F3N7O2/c1-12-19(31(26)11-18(25)17-10-28-30(3)13(17)2)8-15(9-27-12)29-20(32)14-5-4-6-16(7-14)33-21(22,23)24/h4-11H,25-26H2,1-3H3,(H,29,32)/b18-11-. The van der Waals surface area contributed by atoms with Crippen LogP contribution in [-0.4, -0.2) is 27.0 Å². The van der Waals surface area contributed by atoms with Crippen LogP contribution in [-0.2, 0) is 7.05 Å². The zero-order valence-corrected chi connectivity index (χ0v) is 18.0. The summed E-state index contributed by atoms with van der Waals surface area (Å²) in [5.41, 5.74) is 9.35. The SMILES string of the molecule is Cc1ncc(NC(=O)c2cccc(OC(F)(F)F)c2)cc1N(N)/C=C(\N)c1cnn(C)c1C. The second-order valence-corrected chi connectivity index (χ2v) is 7.12. The van der Waals surface area contributed by atoms with Crippen LogP contribution in [0.15, 0.2) is 48.9 Å². The second-order valence-electron chi connectivity index (χ2n) is 7.12. The van der Waals surface area contributed by atoms with Gasteiger partial charge in [0.15, 0.2) is 0 Å². The van der Waals surface area contributed by atoms with Crippen LogP contribution in [0.2, 0.25) is 0 Å². The van der Waals surface area contributed by atoms with Gasteiger partial charge in [-0.3, -0.25) is 19.5 Å². The lowest BCUT2D eigenvalue weighted by molar-refractivity contribution is -0.274. The molecule has 0 aliphatic heterocycles. The number of nitrogens with zero attached hydrogens (tertiary/aromatic N) is 4. The first-order valence-corrected chi connectivity index (χ1v) is 9.58. The van der Waals surface area contributed by atoms with Crippen molar-refractivity contribution >= 4 is 23.0 Å². The Kier molecular flexibility index (Phi) is 6.58. The molecule has 2 aromatic heterocycles. The molecule has 0 saturated heterocycles. The number of hydrazine groups is 1. The van der Waals surface area contributed by atoms with Gasteiger partial charge in [0.2, 0.25) is 0 Å². The molecule has 1 aromatic carbocycles. The largest absolute Gasteiger partial charge is 0.573 e. The smallest absolute Gasteiger partial charge is 0.406 e. The Balaban J connectivity index is 1.80. The van der Waals surface area contributed by atoms with Crippen LogP contribution < -0.4 is 26.6 Å². The van der Waals surface area contributed by atoms with Gasteiger partial charge in [-0.25, -0.2) is 5.84 Å². The number of ether oxygens (including phenoxy) is 1. The average molecular weight is 461 g/mol. The zero-order valence-electron chi connectivity index (χ0n) is 18.0. The van der Waals surface area contributed by atoms with Crippen molar-refractivity contribution < 1.29 is 22.7 Å². The third kappa shape index (κ3) is 5.80. The molecule has 33 heavy (non-hydrogen) atoms. The van der Waals surface area contributed by atoms with Crippen LogP contribution >= 0.6 is 0 Å². The number of hydrogen-bond donors (Lipinski definition) is 3. The van der Waals surface area contributed by atoms with Gasteiger partial charge < -0.3 is 15.8 Å². The molecule has 2 heterocycles. The number of rotatable bonds is 6. The molecule has 3 rings (SSSR count). The first kappa shape index (κ1) is 23.6. The van der Waals surface area contributed by atoms with Crippen molar-refractivity contribution in [2.75, 3.05) is 10.3 Å². The quantitative estimate of drug-likeness (QED) is 0.380. The number of halogens is 3. The number of alkyl halides is 3. The van der Waals surface area contributed by atoms with E-state index in [4.69, 9.17) is 11.6 Å². The molecule has 0 bridgehead atoms. The molecule has 0 atom stereocenters. The van der Waals surface area contributed by atoms with Gasteiger partial charge in [-0.15, -0.1) is 13.2 Å². The predicted molar refractivity (Wildman–Crippen MR) is 117 cm³/mol. The van der Waals surface area contributed by atoms with Gasteiger partial charge in [-0.2, -0.15) is 5.10 Å². The fraction of sp³-hybridized carbons (Fsp3) is 0.190. The van der Waals surface area contributed by atoms with Gasteiger partial charge in [-0.05, 0) is 38.1 Å². The van der Waals surface area contributed by atoms with Gasteiger partial charge in [0.1, 0.15) is 5.75 Å². The highest BCUT2D eigenvalue weighted by molar-refractivity contribution is 6.04. The van der Waals surface area contributed by atoms with Crippen LogP contribution in [0.3, 0.4) is 0 Å². The van der Waals surface area contributed by atoms with E-state index in [9.17, 15) is 18.0 Å². The van der Waals surface area contributed by atoms with Crippen molar-refractivity contribution in [1.82, 2.24) is 14.8 Å². The van der Waals surface area contributed by atoms with E-state index in [1.165, 1.54) is 29.5 Å². The molecular weight excluding hydrogens is 439 g/mol. The van der Waals surface area contributed by atoms with Crippen LogP contribution in [0.25, 0.3) is 5.70 Å². The Labute approximate surface area is 187 Å². The first-order chi connectivity index (χ1) is 15.4. The summed E-state index contributed by atoms with van der Waals surface area (Å²) in [6.07, 6.45) is -0.344. The van der Waals surface area contributed by atoms with E-state index in [0.717, 1.165) is 17.8 Å². The fourth-order valence-electron chi connectivity index (χ4n) is 2.96. The molecule has 0 spiro atoms. The van der Waals surface area contributed by atoms with E-state index < -0.39 is 18.0 Å². The monoisotopic (exact) mass is 461 g/mol. The summed E-state index contributed by atoms with van der Waals surface area (Å²) in [6, 6.07) is 6.29. The van der Waals surface area contributed by atoms with Gasteiger partial charge in [-0.1, -0.05) is 6.07 Å². The van der Waals surface area contributed by atoms with Crippen molar-refractivity contribution in [3.63, 3.8) is 0 Å². The Hall–Kier alpha value is -4.06. The third-order valence-electron chi connectivity index (χ3n) is 4.75. The Bertz CT molecular complexity index is 1200. The highest BCUT2D eigenvalue weighted by Crippen LogP contribution is 2.25. The van der Waals surface area contributed by atoms with E-state index >= 15 is 0 Å². The molecule has 9 nitrogen and oxygen atoms in total. The number of amides is 1. The maximum atomic E-state index is 12.5. The van der Waals surface area contributed by atoms with Crippen molar-refractivity contribution in [3.8, 4) is 5.75 Å². The number of carbonyl (C=O) groups is 1. The third-order valence-corrected chi connectivity index (χ3v) is 4.75. The molecular formula is C21H22F3N7O2. The van der Waals surface area contributed by atoms with Crippen molar-refractivity contribution in [2.45, 2.75) is 20.2 Å². The Morgan fingerprint density at radius 3 is 2.61 bits per heavy atom. The number of hydrogen-bond acceptors (Lipinski definition) is 7. The first-order valence-electron chi connectivity index (χ1n) is 9.58. The van der Waals surface area contributed by atoms with E-state index in [0.29, 0.717) is 22.6 Å². The van der Waals surface area contributed by atoms with Crippen LogP contribution in [0, 0.1) is 13.8 Å². The lowest BCUT2D eigenvalue weighted by atomic mass is 10.2. The molecule has 0 unspecified atom stereocenters. The van der Waals surface area contributed by atoms with Gasteiger partial charge in [0.05, 0.1) is 35.2 Å². The topological polar surface area (TPSA) is 124 Å². The Morgan fingerprint density at radius 2 is 1.97 bits per heavy atom. The van der Waals surface area contributed by atoms with Gasteiger partial charge in [0, 0.05) is 30.1 Å². The molecule has 0 saturated carbocycles. The molecule has 0 fully saturated rings. The minimum Gasteiger partial charge on any atom is -0.406 e. The van der Waals surface area contributed by atoms with Crippen molar-refractivity contribution in [3.05, 3.63) is 71.4 Å².